The summed E-state index contributed by atoms with van der Waals surface area (Å²) < 4.78 is 24.5. The molecule has 23 heavy (non-hydrogen) atoms. The number of hydrogen-bond acceptors (Lipinski definition) is 4. The standard InChI is InChI=1S/C16H21FN2O3.ClH/c1-21-14-7-12(13(17)8-15(14)22-2)16(20)19-6-5-10-3-4-11(9-19)18-10;/h7-8,10-11,18H,3-6,9H2,1-2H3;1H. The van der Waals surface area contributed by atoms with E-state index in [1.54, 1.807) is 4.90 Å². The molecule has 7 heteroatoms. The summed E-state index contributed by atoms with van der Waals surface area (Å²) in [5.41, 5.74) is 0.0374. The predicted molar refractivity (Wildman–Crippen MR) is 87.2 cm³/mol. The van der Waals surface area contributed by atoms with Crippen molar-refractivity contribution in [1.82, 2.24) is 10.2 Å². The largest absolute Gasteiger partial charge is 0.493 e. The summed E-state index contributed by atoms with van der Waals surface area (Å²) in [5.74, 6) is -0.215. The molecule has 0 aliphatic carbocycles. The molecule has 0 saturated carbocycles. The molecular formula is C16H22ClFN2O3. The van der Waals surface area contributed by atoms with Crippen molar-refractivity contribution >= 4 is 18.3 Å². The van der Waals surface area contributed by atoms with Gasteiger partial charge in [0.2, 0.25) is 0 Å². The molecule has 2 aliphatic rings. The van der Waals surface area contributed by atoms with E-state index in [4.69, 9.17) is 9.47 Å². The molecule has 2 atom stereocenters. The second-order valence-corrected chi connectivity index (χ2v) is 5.86. The Bertz CT molecular complexity index is 585. The molecule has 0 spiro atoms. The molecule has 3 rings (SSSR count). The van der Waals surface area contributed by atoms with Crippen molar-refractivity contribution in [1.29, 1.82) is 0 Å². The first-order valence-corrected chi connectivity index (χ1v) is 7.59. The number of benzene rings is 1. The van der Waals surface area contributed by atoms with Gasteiger partial charge in [0, 0.05) is 31.2 Å². The Hall–Kier alpha value is -1.53. The van der Waals surface area contributed by atoms with Crippen LogP contribution in [0.15, 0.2) is 12.1 Å². The number of ether oxygens (including phenoxy) is 2. The molecule has 2 bridgehead atoms. The number of nitrogens with one attached hydrogen (secondary N) is 1. The van der Waals surface area contributed by atoms with E-state index in [-0.39, 0.29) is 29.6 Å². The SMILES string of the molecule is COc1cc(F)c(C(=O)N2CCC3CCC(C2)N3)cc1OC.Cl. The highest BCUT2D eigenvalue weighted by Gasteiger charge is 2.32. The summed E-state index contributed by atoms with van der Waals surface area (Å²) in [5, 5.41) is 3.51. The molecule has 1 amide bonds. The topological polar surface area (TPSA) is 50.8 Å². The Kier molecular flexibility index (Phi) is 5.70. The summed E-state index contributed by atoms with van der Waals surface area (Å²) >= 11 is 0. The number of amides is 1. The van der Waals surface area contributed by atoms with Gasteiger partial charge in [-0.05, 0) is 25.3 Å². The van der Waals surface area contributed by atoms with Gasteiger partial charge in [0.05, 0.1) is 19.8 Å². The lowest BCUT2D eigenvalue weighted by Gasteiger charge is -2.25. The van der Waals surface area contributed by atoms with Crippen LogP contribution >= 0.6 is 12.4 Å². The minimum atomic E-state index is -0.579. The van der Waals surface area contributed by atoms with Gasteiger partial charge in [-0.25, -0.2) is 4.39 Å². The third-order valence-corrected chi connectivity index (χ3v) is 4.51. The lowest BCUT2D eigenvalue weighted by Crippen LogP contribution is -2.39. The van der Waals surface area contributed by atoms with Crippen LogP contribution in [-0.2, 0) is 0 Å². The van der Waals surface area contributed by atoms with Crippen molar-refractivity contribution in [3.63, 3.8) is 0 Å². The first-order valence-electron chi connectivity index (χ1n) is 7.59. The fourth-order valence-electron chi connectivity index (χ4n) is 3.32. The molecule has 1 N–H and O–H groups in total. The zero-order valence-electron chi connectivity index (χ0n) is 13.3. The number of hydrogen-bond donors (Lipinski definition) is 1. The van der Waals surface area contributed by atoms with E-state index in [0.717, 1.165) is 19.3 Å². The van der Waals surface area contributed by atoms with Gasteiger partial charge in [-0.2, -0.15) is 0 Å². The van der Waals surface area contributed by atoms with Crippen molar-refractivity contribution in [2.75, 3.05) is 27.3 Å². The number of rotatable bonds is 3. The highest BCUT2D eigenvalue weighted by Crippen LogP contribution is 2.31. The molecule has 2 aliphatic heterocycles. The Morgan fingerprint density at radius 1 is 1.17 bits per heavy atom. The minimum Gasteiger partial charge on any atom is -0.493 e. The van der Waals surface area contributed by atoms with Crippen LogP contribution in [0.3, 0.4) is 0 Å². The third-order valence-electron chi connectivity index (χ3n) is 4.51. The summed E-state index contributed by atoms with van der Waals surface area (Å²) in [4.78, 5) is 14.4. The summed E-state index contributed by atoms with van der Waals surface area (Å²) in [6.07, 6.45) is 3.15. The van der Waals surface area contributed by atoms with Gasteiger partial charge in [-0.15, -0.1) is 12.4 Å². The lowest BCUT2D eigenvalue weighted by molar-refractivity contribution is 0.0743. The number of halogens is 2. The van der Waals surface area contributed by atoms with E-state index in [0.29, 0.717) is 30.9 Å². The third kappa shape index (κ3) is 3.53. The van der Waals surface area contributed by atoms with Crippen molar-refractivity contribution < 1.29 is 18.7 Å². The highest BCUT2D eigenvalue weighted by molar-refractivity contribution is 5.95. The van der Waals surface area contributed by atoms with Gasteiger partial charge < -0.3 is 19.7 Å². The van der Waals surface area contributed by atoms with Gasteiger partial charge >= 0.3 is 0 Å². The number of carbonyl (C=O) groups excluding carboxylic acids is 1. The minimum absolute atomic E-state index is 0. The average Bonchev–Trinajstić information content (AvgIpc) is 2.85. The maximum atomic E-state index is 14.2. The van der Waals surface area contributed by atoms with E-state index in [9.17, 15) is 9.18 Å². The molecule has 5 nitrogen and oxygen atoms in total. The molecule has 2 saturated heterocycles. The van der Waals surface area contributed by atoms with Gasteiger partial charge in [0.1, 0.15) is 5.82 Å². The van der Waals surface area contributed by atoms with Crippen molar-refractivity contribution in [3.8, 4) is 11.5 Å². The second kappa shape index (κ2) is 7.36. The highest BCUT2D eigenvalue weighted by atomic mass is 35.5. The number of carbonyl (C=O) groups is 1. The maximum Gasteiger partial charge on any atom is 0.257 e. The lowest BCUT2D eigenvalue weighted by atomic mass is 10.1. The smallest absolute Gasteiger partial charge is 0.257 e. The first-order chi connectivity index (χ1) is 10.6. The quantitative estimate of drug-likeness (QED) is 0.913. The first kappa shape index (κ1) is 17.8. The van der Waals surface area contributed by atoms with Crippen molar-refractivity contribution in [2.45, 2.75) is 31.3 Å². The monoisotopic (exact) mass is 344 g/mol. The molecular weight excluding hydrogens is 323 g/mol. The van der Waals surface area contributed by atoms with Gasteiger partial charge in [-0.1, -0.05) is 0 Å². The molecule has 0 radical (unpaired) electrons. The van der Waals surface area contributed by atoms with E-state index < -0.39 is 5.82 Å². The summed E-state index contributed by atoms with van der Waals surface area (Å²) in [6, 6.07) is 3.43. The van der Waals surface area contributed by atoms with Crippen LogP contribution in [0.2, 0.25) is 0 Å². The van der Waals surface area contributed by atoms with Crippen LogP contribution in [-0.4, -0.2) is 50.2 Å². The molecule has 2 unspecified atom stereocenters. The number of methoxy groups -OCH3 is 2. The number of nitrogens with zero attached hydrogens (tertiary/aromatic N) is 1. The van der Waals surface area contributed by atoms with Crippen molar-refractivity contribution in [3.05, 3.63) is 23.5 Å². The van der Waals surface area contributed by atoms with Crippen LogP contribution in [0.25, 0.3) is 0 Å². The molecule has 1 aromatic rings. The summed E-state index contributed by atoms with van der Waals surface area (Å²) in [6.45, 7) is 1.28. The Labute approximate surface area is 141 Å². The van der Waals surface area contributed by atoms with Crippen LogP contribution < -0.4 is 14.8 Å². The van der Waals surface area contributed by atoms with Crippen LogP contribution in [0.1, 0.15) is 29.6 Å². The van der Waals surface area contributed by atoms with E-state index in [2.05, 4.69) is 5.32 Å². The van der Waals surface area contributed by atoms with Crippen LogP contribution in [0.5, 0.6) is 11.5 Å². The predicted octanol–water partition coefficient (Wildman–Crippen LogP) is 2.23. The van der Waals surface area contributed by atoms with Gasteiger partial charge in [0.25, 0.3) is 5.91 Å². The zero-order valence-corrected chi connectivity index (χ0v) is 14.1. The maximum absolute atomic E-state index is 14.2. The van der Waals surface area contributed by atoms with E-state index in [1.165, 1.54) is 26.4 Å². The molecule has 1 aromatic carbocycles. The normalized spacial score (nSPS) is 23.0. The average molecular weight is 345 g/mol. The van der Waals surface area contributed by atoms with E-state index >= 15 is 0 Å². The fourth-order valence-corrected chi connectivity index (χ4v) is 3.32. The second-order valence-electron chi connectivity index (χ2n) is 5.86. The Morgan fingerprint density at radius 2 is 1.83 bits per heavy atom. The number of fused-ring (bicyclic) bond motifs is 2. The Balaban J connectivity index is 0.00000192. The molecule has 2 heterocycles. The fraction of sp³-hybridized carbons (Fsp3) is 0.562. The molecule has 0 aromatic heterocycles. The van der Waals surface area contributed by atoms with E-state index in [1.807, 2.05) is 0 Å². The molecule has 2 fully saturated rings. The Morgan fingerprint density at radius 3 is 2.52 bits per heavy atom. The van der Waals surface area contributed by atoms with Crippen molar-refractivity contribution in [2.24, 2.45) is 0 Å². The van der Waals surface area contributed by atoms with Crippen LogP contribution in [0, 0.1) is 5.82 Å². The van der Waals surface area contributed by atoms with Crippen LogP contribution in [0.4, 0.5) is 4.39 Å². The van der Waals surface area contributed by atoms with Gasteiger partial charge in [-0.3, -0.25) is 4.79 Å². The zero-order chi connectivity index (χ0) is 15.7. The summed E-state index contributed by atoms with van der Waals surface area (Å²) in [7, 11) is 2.91. The van der Waals surface area contributed by atoms with Gasteiger partial charge in [0.15, 0.2) is 11.5 Å². The number of likely N-dealkylation sites (tertiary alicyclic amines) is 1. The molecule has 128 valence electrons.